The van der Waals surface area contributed by atoms with E-state index in [-0.39, 0.29) is 24.8 Å². The van der Waals surface area contributed by atoms with Crippen LogP contribution in [-0.4, -0.2) is 41.2 Å². The first-order valence-electron chi connectivity index (χ1n) is 8.79. The zero-order chi connectivity index (χ0) is 20.3. The van der Waals surface area contributed by atoms with Crippen molar-refractivity contribution in [2.45, 2.75) is 38.8 Å². The van der Waals surface area contributed by atoms with Crippen LogP contribution in [-0.2, 0) is 22.3 Å². The standard InChI is InChI=1S/C19H20F3N3O3/c1-12-9-25(10-13(2)28-12)18-23-8-15(16(24-18)19(20,21)22)17(26)27-11-14-6-4-3-5-7-14/h3-8,12-13H,9-11H2,1-2H3/t12-,13-/m1/s1. The number of aromatic nitrogens is 2. The molecule has 0 saturated carbocycles. The number of alkyl halides is 3. The van der Waals surface area contributed by atoms with Crippen LogP contribution in [0.25, 0.3) is 0 Å². The number of carbonyl (C=O) groups is 1. The van der Waals surface area contributed by atoms with Crippen LogP contribution in [0.3, 0.4) is 0 Å². The first-order valence-corrected chi connectivity index (χ1v) is 8.79. The maximum atomic E-state index is 13.5. The molecule has 1 aromatic heterocycles. The Kier molecular flexibility index (Phi) is 5.83. The van der Waals surface area contributed by atoms with E-state index in [0.29, 0.717) is 18.7 Å². The van der Waals surface area contributed by atoms with Crippen molar-refractivity contribution in [1.29, 1.82) is 0 Å². The van der Waals surface area contributed by atoms with E-state index < -0.39 is 23.4 Å². The molecule has 2 atom stereocenters. The molecule has 150 valence electrons. The van der Waals surface area contributed by atoms with E-state index in [0.717, 1.165) is 6.20 Å². The van der Waals surface area contributed by atoms with E-state index in [1.54, 1.807) is 35.2 Å². The quantitative estimate of drug-likeness (QED) is 0.739. The number of hydrogen-bond donors (Lipinski definition) is 0. The first kappa shape index (κ1) is 20.1. The van der Waals surface area contributed by atoms with Crippen LogP contribution in [0.1, 0.15) is 35.5 Å². The second-order valence-electron chi connectivity index (χ2n) is 6.65. The van der Waals surface area contributed by atoms with Gasteiger partial charge in [-0.1, -0.05) is 30.3 Å². The molecule has 3 rings (SSSR count). The lowest BCUT2D eigenvalue weighted by Crippen LogP contribution is -2.46. The number of benzene rings is 1. The number of esters is 1. The Morgan fingerprint density at radius 2 is 1.86 bits per heavy atom. The summed E-state index contributed by atoms with van der Waals surface area (Å²) < 4.78 is 51.2. The molecule has 6 nitrogen and oxygen atoms in total. The number of nitrogens with zero attached hydrogens (tertiary/aromatic N) is 3. The summed E-state index contributed by atoms with van der Waals surface area (Å²) in [6.45, 7) is 4.22. The Bertz CT molecular complexity index is 820. The van der Waals surface area contributed by atoms with E-state index in [1.165, 1.54) is 0 Å². The minimum Gasteiger partial charge on any atom is -0.457 e. The molecule has 9 heteroatoms. The van der Waals surface area contributed by atoms with Crippen molar-refractivity contribution in [3.8, 4) is 0 Å². The molecule has 1 saturated heterocycles. The molecule has 1 aromatic carbocycles. The van der Waals surface area contributed by atoms with Gasteiger partial charge in [-0.25, -0.2) is 14.8 Å². The smallest absolute Gasteiger partial charge is 0.434 e. The summed E-state index contributed by atoms with van der Waals surface area (Å²) in [6, 6.07) is 8.68. The lowest BCUT2D eigenvalue weighted by atomic mass is 10.2. The van der Waals surface area contributed by atoms with Crippen molar-refractivity contribution in [2.24, 2.45) is 0 Å². The van der Waals surface area contributed by atoms with Gasteiger partial charge in [0.25, 0.3) is 0 Å². The molecule has 2 heterocycles. The van der Waals surface area contributed by atoms with Crippen molar-refractivity contribution < 1.29 is 27.4 Å². The van der Waals surface area contributed by atoms with Gasteiger partial charge in [0.2, 0.25) is 5.95 Å². The molecule has 0 amide bonds. The average Bonchev–Trinajstić information content (AvgIpc) is 2.65. The fourth-order valence-corrected chi connectivity index (χ4v) is 3.03. The van der Waals surface area contributed by atoms with Gasteiger partial charge in [0, 0.05) is 19.3 Å². The van der Waals surface area contributed by atoms with Crippen LogP contribution in [0.4, 0.5) is 19.1 Å². The number of halogens is 3. The molecule has 0 radical (unpaired) electrons. The third kappa shape index (κ3) is 4.78. The van der Waals surface area contributed by atoms with Gasteiger partial charge in [0.1, 0.15) is 12.2 Å². The summed E-state index contributed by atoms with van der Waals surface area (Å²) in [4.78, 5) is 21.5. The van der Waals surface area contributed by atoms with Crippen LogP contribution in [0.5, 0.6) is 0 Å². The molecule has 0 spiro atoms. The number of carbonyl (C=O) groups excluding carboxylic acids is 1. The van der Waals surface area contributed by atoms with Crippen molar-refractivity contribution in [3.63, 3.8) is 0 Å². The topological polar surface area (TPSA) is 64.6 Å². The van der Waals surface area contributed by atoms with Crippen LogP contribution in [0.15, 0.2) is 36.5 Å². The molecule has 1 aliphatic rings. The van der Waals surface area contributed by atoms with E-state index in [1.807, 2.05) is 13.8 Å². The summed E-state index contributed by atoms with van der Waals surface area (Å²) in [6.07, 6.45) is -4.28. The third-order valence-corrected chi connectivity index (χ3v) is 4.18. The third-order valence-electron chi connectivity index (χ3n) is 4.18. The van der Waals surface area contributed by atoms with Gasteiger partial charge in [-0.15, -0.1) is 0 Å². The summed E-state index contributed by atoms with van der Waals surface area (Å²) in [5.74, 6) is -1.21. The Labute approximate surface area is 160 Å². The van der Waals surface area contributed by atoms with Gasteiger partial charge < -0.3 is 14.4 Å². The monoisotopic (exact) mass is 395 g/mol. The lowest BCUT2D eigenvalue weighted by molar-refractivity contribution is -0.141. The number of ether oxygens (including phenoxy) is 2. The summed E-state index contributed by atoms with van der Waals surface area (Å²) in [5.41, 5.74) is -1.35. The van der Waals surface area contributed by atoms with Crippen molar-refractivity contribution >= 4 is 11.9 Å². The Hall–Kier alpha value is -2.68. The Balaban J connectivity index is 1.83. The molecule has 0 aliphatic carbocycles. The van der Waals surface area contributed by atoms with E-state index in [2.05, 4.69) is 9.97 Å². The summed E-state index contributed by atoms with van der Waals surface area (Å²) in [7, 11) is 0. The van der Waals surface area contributed by atoms with E-state index >= 15 is 0 Å². The summed E-state index contributed by atoms with van der Waals surface area (Å²) in [5, 5.41) is 0. The zero-order valence-electron chi connectivity index (χ0n) is 15.4. The van der Waals surface area contributed by atoms with Gasteiger partial charge in [-0.3, -0.25) is 0 Å². The fourth-order valence-electron chi connectivity index (χ4n) is 3.03. The highest BCUT2D eigenvalue weighted by Crippen LogP contribution is 2.32. The maximum absolute atomic E-state index is 13.5. The summed E-state index contributed by atoms with van der Waals surface area (Å²) >= 11 is 0. The van der Waals surface area contributed by atoms with Crippen LogP contribution >= 0.6 is 0 Å². The van der Waals surface area contributed by atoms with Crippen LogP contribution < -0.4 is 4.90 Å². The second-order valence-corrected chi connectivity index (χ2v) is 6.65. The highest BCUT2D eigenvalue weighted by Gasteiger charge is 2.39. The van der Waals surface area contributed by atoms with Crippen molar-refractivity contribution in [3.05, 3.63) is 53.3 Å². The molecule has 1 fully saturated rings. The predicted octanol–water partition coefficient (Wildman–Crippen LogP) is 3.47. The zero-order valence-corrected chi connectivity index (χ0v) is 15.4. The minimum absolute atomic E-state index is 0.0889. The van der Waals surface area contributed by atoms with E-state index in [4.69, 9.17) is 9.47 Å². The van der Waals surface area contributed by atoms with Crippen LogP contribution in [0, 0.1) is 0 Å². The van der Waals surface area contributed by atoms with Gasteiger partial charge in [0.05, 0.1) is 12.2 Å². The number of hydrogen-bond acceptors (Lipinski definition) is 6. The molecular formula is C19H20F3N3O3. The molecule has 1 aliphatic heterocycles. The predicted molar refractivity (Wildman–Crippen MR) is 94.8 cm³/mol. The number of rotatable bonds is 4. The number of morpholine rings is 1. The first-order chi connectivity index (χ1) is 13.2. The normalized spacial score (nSPS) is 20.1. The molecule has 0 N–H and O–H groups in total. The Morgan fingerprint density at radius 1 is 1.21 bits per heavy atom. The van der Waals surface area contributed by atoms with Gasteiger partial charge in [-0.05, 0) is 19.4 Å². The van der Waals surface area contributed by atoms with Crippen molar-refractivity contribution in [1.82, 2.24) is 9.97 Å². The molecule has 28 heavy (non-hydrogen) atoms. The van der Waals surface area contributed by atoms with Crippen molar-refractivity contribution in [2.75, 3.05) is 18.0 Å². The maximum Gasteiger partial charge on any atom is 0.434 e. The Morgan fingerprint density at radius 3 is 2.46 bits per heavy atom. The average molecular weight is 395 g/mol. The van der Waals surface area contributed by atoms with E-state index in [9.17, 15) is 18.0 Å². The molecule has 2 aromatic rings. The second kappa shape index (κ2) is 8.14. The molecule has 0 unspecified atom stereocenters. The highest BCUT2D eigenvalue weighted by atomic mass is 19.4. The molecule has 0 bridgehead atoms. The van der Waals surface area contributed by atoms with Gasteiger partial charge >= 0.3 is 12.1 Å². The fraction of sp³-hybridized carbons (Fsp3) is 0.421. The van der Waals surface area contributed by atoms with Gasteiger partial charge in [0.15, 0.2) is 5.69 Å². The lowest BCUT2D eigenvalue weighted by Gasteiger charge is -2.35. The van der Waals surface area contributed by atoms with Gasteiger partial charge in [-0.2, -0.15) is 13.2 Å². The highest BCUT2D eigenvalue weighted by molar-refractivity contribution is 5.90. The largest absolute Gasteiger partial charge is 0.457 e. The molecular weight excluding hydrogens is 375 g/mol. The SMILES string of the molecule is C[C@@H]1CN(c2ncc(C(=O)OCc3ccccc3)c(C(F)(F)F)n2)C[C@@H](C)O1. The minimum atomic E-state index is -4.82. The van der Waals surface area contributed by atoms with Crippen LogP contribution in [0.2, 0.25) is 0 Å². The number of anilines is 1.